The molecule has 0 aliphatic carbocycles. The molecule has 0 radical (unpaired) electrons. The Hall–Kier alpha value is -3.54. The van der Waals surface area contributed by atoms with Gasteiger partial charge in [-0.25, -0.2) is 17.9 Å². The van der Waals surface area contributed by atoms with E-state index in [-0.39, 0.29) is 39.4 Å². The van der Waals surface area contributed by atoms with Gasteiger partial charge in [0.1, 0.15) is 0 Å². The van der Waals surface area contributed by atoms with Gasteiger partial charge in [0.25, 0.3) is 5.91 Å². The van der Waals surface area contributed by atoms with Gasteiger partial charge in [0.15, 0.2) is 11.3 Å². The van der Waals surface area contributed by atoms with E-state index < -0.39 is 21.9 Å². The van der Waals surface area contributed by atoms with E-state index in [1.54, 1.807) is 30.3 Å². The SMILES string of the molecule is O=C(O)c1cc(Br)ccc1NC(=O)c1noc2ccc(S(=O)(=O)NCc3ccccc3)cc12. The van der Waals surface area contributed by atoms with E-state index in [4.69, 9.17) is 4.52 Å². The van der Waals surface area contributed by atoms with E-state index in [9.17, 15) is 23.1 Å². The highest BCUT2D eigenvalue weighted by Crippen LogP contribution is 2.25. The lowest BCUT2D eigenvalue weighted by molar-refractivity contribution is 0.0698. The molecule has 4 rings (SSSR count). The summed E-state index contributed by atoms with van der Waals surface area (Å²) in [4.78, 5) is 24.2. The van der Waals surface area contributed by atoms with E-state index in [1.807, 2.05) is 6.07 Å². The molecule has 0 atom stereocenters. The van der Waals surface area contributed by atoms with Crippen molar-refractivity contribution in [3.63, 3.8) is 0 Å². The van der Waals surface area contributed by atoms with Crippen molar-refractivity contribution in [1.29, 1.82) is 0 Å². The molecule has 0 saturated carbocycles. The molecule has 0 aliphatic rings. The van der Waals surface area contributed by atoms with Gasteiger partial charge in [-0.1, -0.05) is 51.4 Å². The van der Waals surface area contributed by atoms with Gasteiger partial charge < -0.3 is 14.9 Å². The number of nitrogens with zero attached hydrogens (tertiary/aromatic N) is 1. The zero-order valence-corrected chi connectivity index (χ0v) is 19.2. The van der Waals surface area contributed by atoms with Crippen LogP contribution in [0.15, 0.2) is 80.6 Å². The minimum atomic E-state index is -3.89. The van der Waals surface area contributed by atoms with E-state index >= 15 is 0 Å². The summed E-state index contributed by atoms with van der Waals surface area (Å²) in [5, 5.41) is 15.8. The number of carbonyl (C=O) groups excluding carboxylic acids is 1. The van der Waals surface area contributed by atoms with Crippen molar-refractivity contribution in [1.82, 2.24) is 9.88 Å². The number of sulfonamides is 1. The summed E-state index contributed by atoms with van der Waals surface area (Å²) < 4.78 is 33.7. The number of hydrogen-bond acceptors (Lipinski definition) is 6. The summed E-state index contributed by atoms with van der Waals surface area (Å²) in [6.45, 7) is 0.0969. The third-order valence-electron chi connectivity index (χ3n) is 4.74. The molecule has 0 aliphatic heterocycles. The zero-order valence-electron chi connectivity index (χ0n) is 16.8. The molecule has 9 nitrogen and oxygen atoms in total. The summed E-state index contributed by atoms with van der Waals surface area (Å²) in [5.74, 6) is -1.97. The maximum absolute atomic E-state index is 12.8. The Morgan fingerprint density at radius 3 is 2.52 bits per heavy atom. The van der Waals surface area contributed by atoms with Crippen LogP contribution >= 0.6 is 15.9 Å². The molecule has 0 spiro atoms. The lowest BCUT2D eigenvalue weighted by atomic mass is 10.1. The maximum atomic E-state index is 12.8. The van der Waals surface area contributed by atoms with Crippen LogP contribution in [0, 0.1) is 0 Å². The molecule has 33 heavy (non-hydrogen) atoms. The third kappa shape index (κ3) is 4.95. The lowest BCUT2D eigenvalue weighted by Crippen LogP contribution is -2.23. The Kier molecular flexibility index (Phi) is 6.27. The van der Waals surface area contributed by atoms with Crippen LogP contribution in [0.2, 0.25) is 0 Å². The van der Waals surface area contributed by atoms with E-state index in [1.165, 1.54) is 30.3 Å². The van der Waals surface area contributed by atoms with Gasteiger partial charge in [-0.2, -0.15) is 0 Å². The average molecular weight is 530 g/mol. The average Bonchev–Trinajstić information content (AvgIpc) is 3.23. The Labute approximate surface area is 196 Å². The van der Waals surface area contributed by atoms with Gasteiger partial charge in [0.05, 0.1) is 21.5 Å². The second-order valence-corrected chi connectivity index (χ2v) is 9.63. The van der Waals surface area contributed by atoms with E-state index in [0.717, 1.165) is 5.56 Å². The summed E-state index contributed by atoms with van der Waals surface area (Å²) in [6, 6.07) is 17.4. The normalized spacial score (nSPS) is 11.4. The first-order valence-electron chi connectivity index (χ1n) is 9.52. The monoisotopic (exact) mass is 529 g/mol. The zero-order chi connectivity index (χ0) is 23.6. The van der Waals surface area contributed by atoms with E-state index in [0.29, 0.717) is 4.47 Å². The number of nitrogens with one attached hydrogen (secondary N) is 2. The lowest BCUT2D eigenvalue weighted by Gasteiger charge is -2.08. The van der Waals surface area contributed by atoms with Crippen LogP contribution in [0.5, 0.6) is 0 Å². The number of halogens is 1. The molecule has 1 aromatic heterocycles. The minimum absolute atomic E-state index is 0.0557. The first kappa shape index (κ1) is 22.6. The van der Waals surface area contributed by atoms with Gasteiger partial charge in [0.2, 0.25) is 10.0 Å². The van der Waals surface area contributed by atoms with Gasteiger partial charge >= 0.3 is 5.97 Å². The Morgan fingerprint density at radius 1 is 1.03 bits per heavy atom. The maximum Gasteiger partial charge on any atom is 0.337 e. The fraction of sp³-hybridized carbons (Fsp3) is 0.0455. The molecule has 0 unspecified atom stereocenters. The largest absolute Gasteiger partial charge is 0.478 e. The Bertz CT molecular complexity index is 1470. The molecular formula is C22H16BrN3O6S. The Balaban J connectivity index is 1.62. The predicted molar refractivity (Wildman–Crippen MR) is 124 cm³/mol. The molecule has 11 heteroatoms. The standard InChI is InChI=1S/C22H16BrN3O6S/c23-14-6-8-18(16(10-14)22(28)29)25-21(27)20-17-11-15(7-9-19(17)32-26-20)33(30,31)24-12-13-4-2-1-3-5-13/h1-11,24H,12H2,(H,25,27)(H,28,29). The highest BCUT2D eigenvalue weighted by molar-refractivity contribution is 9.10. The van der Waals surface area contributed by atoms with Crippen LogP contribution in [0.3, 0.4) is 0 Å². The quantitative estimate of drug-likeness (QED) is 0.328. The number of anilines is 1. The van der Waals surface area contributed by atoms with Crippen molar-refractivity contribution in [3.05, 3.63) is 88.0 Å². The van der Waals surface area contributed by atoms with Crippen LogP contribution in [-0.4, -0.2) is 30.6 Å². The van der Waals surface area contributed by atoms with Crippen LogP contribution in [-0.2, 0) is 16.6 Å². The summed E-state index contributed by atoms with van der Waals surface area (Å²) in [5.41, 5.74) is 0.746. The molecule has 0 bridgehead atoms. The van der Waals surface area contributed by atoms with Gasteiger partial charge in [-0.15, -0.1) is 0 Å². The first-order valence-corrected chi connectivity index (χ1v) is 11.8. The number of benzene rings is 3. The second kappa shape index (κ2) is 9.14. The molecule has 0 saturated heterocycles. The van der Waals surface area contributed by atoms with Crippen LogP contribution in [0.4, 0.5) is 5.69 Å². The fourth-order valence-corrected chi connectivity index (χ4v) is 4.49. The summed E-state index contributed by atoms with van der Waals surface area (Å²) in [7, 11) is -3.89. The molecule has 3 aromatic carbocycles. The highest BCUT2D eigenvalue weighted by atomic mass is 79.9. The number of hydrogen-bond donors (Lipinski definition) is 3. The molecule has 3 N–H and O–H groups in total. The Morgan fingerprint density at radius 2 is 1.79 bits per heavy atom. The molecule has 1 amide bonds. The van der Waals surface area contributed by atoms with Crippen molar-refractivity contribution >= 4 is 54.5 Å². The molecule has 4 aromatic rings. The number of aromatic nitrogens is 1. The number of carboxylic acid groups (broad SMARTS) is 1. The molecule has 168 valence electrons. The molecule has 0 fully saturated rings. The van der Waals surface area contributed by atoms with Crippen molar-refractivity contribution in [2.75, 3.05) is 5.32 Å². The van der Waals surface area contributed by atoms with Crippen LogP contribution < -0.4 is 10.0 Å². The van der Waals surface area contributed by atoms with Gasteiger partial charge in [0, 0.05) is 11.0 Å². The number of carboxylic acids is 1. The molecule has 1 heterocycles. The van der Waals surface area contributed by atoms with Crippen LogP contribution in [0.25, 0.3) is 11.0 Å². The number of aromatic carboxylic acids is 1. The number of amides is 1. The second-order valence-electron chi connectivity index (χ2n) is 6.95. The predicted octanol–water partition coefficient (Wildman–Crippen LogP) is 4.02. The topological polar surface area (TPSA) is 139 Å². The minimum Gasteiger partial charge on any atom is -0.478 e. The number of carbonyl (C=O) groups is 2. The summed E-state index contributed by atoms with van der Waals surface area (Å²) in [6.07, 6.45) is 0. The smallest absolute Gasteiger partial charge is 0.337 e. The first-order chi connectivity index (χ1) is 15.7. The van der Waals surface area contributed by atoms with Crippen molar-refractivity contribution < 1.29 is 27.6 Å². The highest BCUT2D eigenvalue weighted by Gasteiger charge is 2.22. The third-order valence-corrected chi connectivity index (χ3v) is 6.63. The van der Waals surface area contributed by atoms with E-state index in [2.05, 4.69) is 31.1 Å². The summed E-state index contributed by atoms with van der Waals surface area (Å²) >= 11 is 3.19. The van der Waals surface area contributed by atoms with Crippen molar-refractivity contribution in [2.24, 2.45) is 0 Å². The van der Waals surface area contributed by atoms with Gasteiger partial charge in [-0.3, -0.25) is 4.79 Å². The van der Waals surface area contributed by atoms with Crippen LogP contribution in [0.1, 0.15) is 26.4 Å². The fourth-order valence-electron chi connectivity index (χ4n) is 3.09. The van der Waals surface area contributed by atoms with Crippen molar-refractivity contribution in [2.45, 2.75) is 11.4 Å². The van der Waals surface area contributed by atoms with Gasteiger partial charge in [-0.05, 0) is 42.0 Å². The number of rotatable bonds is 7. The molecular weight excluding hydrogens is 514 g/mol. The van der Waals surface area contributed by atoms with Crippen molar-refractivity contribution in [3.8, 4) is 0 Å². The number of fused-ring (bicyclic) bond motifs is 1.